The number of rotatable bonds is 2. The van der Waals surface area contributed by atoms with Crippen LogP contribution in [0.25, 0.3) is 54.6 Å². The fourth-order valence-corrected chi connectivity index (χ4v) is 6.18. The van der Waals surface area contributed by atoms with E-state index in [0.29, 0.717) is 0 Å². The molecule has 0 unspecified atom stereocenters. The van der Waals surface area contributed by atoms with E-state index in [2.05, 4.69) is 166 Å². The van der Waals surface area contributed by atoms with Gasteiger partial charge in [0.2, 0.25) is 0 Å². The maximum atomic E-state index is 3.75. The van der Waals surface area contributed by atoms with Gasteiger partial charge in [-0.15, -0.1) is 0 Å². The molecule has 0 aliphatic heterocycles. The summed E-state index contributed by atoms with van der Waals surface area (Å²) >= 11 is 7.25. The molecule has 7 aromatic carbocycles. The Bertz CT molecular complexity index is 1920. The molecule has 0 amide bonds. The molecule has 0 radical (unpaired) electrons. The molecule has 0 bridgehead atoms. The van der Waals surface area contributed by atoms with E-state index in [4.69, 9.17) is 0 Å². The van der Waals surface area contributed by atoms with E-state index in [1.807, 2.05) is 12.1 Å². The molecule has 0 saturated heterocycles. The van der Waals surface area contributed by atoms with Crippen LogP contribution >= 0.6 is 31.9 Å². The minimum absolute atomic E-state index is 1.16. The molecular formula is C37H26Br2. The lowest BCUT2D eigenvalue weighted by molar-refractivity contribution is 1.46. The molecule has 39 heavy (non-hydrogen) atoms. The summed E-state index contributed by atoms with van der Waals surface area (Å²) in [5.74, 6) is 0. The highest BCUT2D eigenvalue weighted by Crippen LogP contribution is 2.37. The summed E-state index contributed by atoms with van der Waals surface area (Å²) in [5, 5.41) is 7.66. The van der Waals surface area contributed by atoms with Gasteiger partial charge in [0.05, 0.1) is 0 Å². The summed E-state index contributed by atoms with van der Waals surface area (Å²) in [6.45, 7) is 2.16. The number of hydrogen-bond acceptors (Lipinski definition) is 0. The average molecular weight is 630 g/mol. The van der Waals surface area contributed by atoms with Crippen LogP contribution in [0.1, 0.15) is 5.56 Å². The predicted octanol–water partition coefficient (Wildman–Crippen LogP) is 12.0. The first-order valence-corrected chi connectivity index (χ1v) is 14.6. The Morgan fingerprint density at radius 1 is 0.410 bits per heavy atom. The second kappa shape index (κ2) is 11.2. The molecule has 0 fully saturated rings. The predicted molar refractivity (Wildman–Crippen MR) is 176 cm³/mol. The van der Waals surface area contributed by atoms with Crippen molar-refractivity contribution in [3.8, 4) is 22.3 Å². The molecule has 2 heteroatoms. The highest BCUT2D eigenvalue weighted by atomic mass is 79.9. The van der Waals surface area contributed by atoms with Crippen molar-refractivity contribution in [1.29, 1.82) is 0 Å². The van der Waals surface area contributed by atoms with E-state index in [1.165, 1.54) is 64.6 Å². The Balaban J connectivity index is 0.000000210. The first-order valence-electron chi connectivity index (χ1n) is 13.0. The minimum Gasteiger partial charge on any atom is -0.0616 e. The van der Waals surface area contributed by atoms with Crippen molar-refractivity contribution in [3.05, 3.63) is 154 Å². The third-order valence-electron chi connectivity index (χ3n) is 7.19. The standard InChI is InChI=1S/C27H19Br.C10H7Br/c1-18-17-26(24-10-4-5-11-25(24)27(18)28)21-15-13-20(14-16-21)23-12-6-8-19-7-2-3-9-22(19)23;11-10-7-3-5-8-4-1-2-6-9(8)10/h2-17H,1H3;1-7H. The summed E-state index contributed by atoms with van der Waals surface area (Å²) in [6.07, 6.45) is 0. The van der Waals surface area contributed by atoms with E-state index < -0.39 is 0 Å². The van der Waals surface area contributed by atoms with Gasteiger partial charge in [0.1, 0.15) is 0 Å². The van der Waals surface area contributed by atoms with E-state index in [1.54, 1.807) is 0 Å². The Labute approximate surface area is 246 Å². The van der Waals surface area contributed by atoms with Crippen LogP contribution in [-0.4, -0.2) is 0 Å². The molecule has 0 heterocycles. The van der Waals surface area contributed by atoms with E-state index in [9.17, 15) is 0 Å². The number of halogens is 2. The summed E-state index contributed by atoms with van der Waals surface area (Å²) in [4.78, 5) is 0. The highest BCUT2D eigenvalue weighted by molar-refractivity contribution is 9.11. The summed E-state index contributed by atoms with van der Waals surface area (Å²) in [6, 6.07) is 49.4. The molecule has 0 N–H and O–H groups in total. The summed E-state index contributed by atoms with van der Waals surface area (Å²) < 4.78 is 2.34. The molecule has 0 aromatic heterocycles. The number of aryl methyl sites for hydroxylation is 1. The van der Waals surface area contributed by atoms with Gasteiger partial charge >= 0.3 is 0 Å². The molecule has 7 rings (SSSR count). The number of benzene rings is 7. The van der Waals surface area contributed by atoms with Crippen LogP contribution in [0.3, 0.4) is 0 Å². The molecule has 188 valence electrons. The van der Waals surface area contributed by atoms with Crippen molar-refractivity contribution >= 4 is 64.2 Å². The van der Waals surface area contributed by atoms with Gasteiger partial charge < -0.3 is 0 Å². The Morgan fingerprint density at radius 2 is 0.897 bits per heavy atom. The minimum atomic E-state index is 1.16. The van der Waals surface area contributed by atoms with Crippen molar-refractivity contribution in [3.63, 3.8) is 0 Å². The number of fused-ring (bicyclic) bond motifs is 3. The van der Waals surface area contributed by atoms with Gasteiger partial charge in [0.15, 0.2) is 0 Å². The normalized spacial score (nSPS) is 10.9. The molecular weight excluding hydrogens is 604 g/mol. The van der Waals surface area contributed by atoms with Crippen molar-refractivity contribution in [2.24, 2.45) is 0 Å². The van der Waals surface area contributed by atoms with Crippen molar-refractivity contribution in [1.82, 2.24) is 0 Å². The van der Waals surface area contributed by atoms with Gasteiger partial charge in [0.25, 0.3) is 0 Å². The van der Waals surface area contributed by atoms with Crippen molar-refractivity contribution in [2.75, 3.05) is 0 Å². The lowest BCUT2D eigenvalue weighted by Crippen LogP contribution is -1.87. The van der Waals surface area contributed by atoms with Crippen molar-refractivity contribution in [2.45, 2.75) is 6.92 Å². The molecule has 0 aliphatic carbocycles. The first-order chi connectivity index (χ1) is 19.1. The van der Waals surface area contributed by atoms with Crippen molar-refractivity contribution < 1.29 is 0 Å². The zero-order valence-electron chi connectivity index (χ0n) is 21.5. The van der Waals surface area contributed by atoms with Gasteiger partial charge in [-0.1, -0.05) is 143 Å². The Morgan fingerprint density at radius 3 is 1.56 bits per heavy atom. The zero-order chi connectivity index (χ0) is 26.8. The van der Waals surface area contributed by atoms with Crippen LogP contribution in [0, 0.1) is 6.92 Å². The Hall–Kier alpha value is -3.72. The SMILES string of the molecule is Brc1cccc2ccccc12.Cc1cc(-c2ccc(-c3cccc4ccccc34)cc2)c2ccccc2c1Br. The van der Waals surface area contributed by atoms with Gasteiger partial charge in [-0.3, -0.25) is 0 Å². The molecule has 0 spiro atoms. The fraction of sp³-hybridized carbons (Fsp3) is 0.0270. The lowest BCUT2D eigenvalue weighted by Gasteiger charge is -2.13. The molecule has 0 atom stereocenters. The first kappa shape index (κ1) is 25.6. The maximum absolute atomic E-state index is 3.75. The van der Waals surface area contributed by atoms with Crippen LogP contribution in [0.5, 0.6) is 0 Å². The third-order valence-corrected chi connectivity index (χ3v) is 8.94. The van der Waals surface area contributed by atoms with Gasteiger partial charge in [-0.05, 0) is 95.1 Å². The largest absolute Gasteiger partial charge is 0.0616 e. The maximum Gasteiger partial charge on any atom is 0.0283 e. The van der Waals surface area contributed by atoms with Crippen LogP contribution in [-0.2, 0) is 0 Å². The lowest BCUT2D eigenvalue weighted by atomic mass is 9.93. The molecule has 7 aromatic rings. The molecule has 0 saturated carbocycles. The number of hydrogen-bond donors (Lipinski definition) is 0. The second-order valence-corrected chi connectivity index (χ2v) is 11.3. The van der Waals surface area contributed by atoms with Crippen LogP contribution in [0.4, 0.5) is 0 Å². The zero-order valence-corrected chi connectivity index (χ0v) is 24.7. The average Bonchev–Trinajstić information content (AvgIpc) is 2.99. The quantitative estimate of drug-likeness (QED) is 0.178. The Kier molecular flexibility index (Phi) is 7.32. The van der Waals surface area contributed by atoms with Gasteiger partial charge in [-0.25, -0.2) is 0 Å². The van der Waals surface area contributed by atoms with Crippen LogP contribution < -0.4 is 0 Å². The highest BCUT2D eigenvalue weighted by Gasteiger charge is 2.10. The molecule has 0 aliphatic rings. The van der Waals surface area contributed by atoms with Crippen LogP contribution in [0.2, 0.25) is 0 Å². The summed E-state index contributed by atoms with van der Waals surface area (Å²) in [5.41, 5.74) is 6.31. The van der Waals surface area contributed by atoms with E-state index in [-0.39, 0.29) is 0 Å². The summed E-state index contributed by atoms with van der Waals surface area (Å²) in [7, 11) is 0. The van der Waals surface area contributed by atoms with Gasteiger partial charge in [-0.2, -0.15) is 0 Å². The monoisotopic (exact) mass is 628 g/mol. The third kappa shape index (κ3) is 5.15. The smallest absolute Gasteiger partial charge is 0.0283 e. The fourth-order valence-electron chi connectivity index (χ4n) is 5.21. The second-order valence-electron chi connectivity index (χ2n) is 9.67. The van der Waals surface area contributed by atoms with E-state index in [0.717, 1.165) is 4.47 Å². The van der Waals surface area contributed by atoms with Gasteiger partial charge in [0, 0.05) is 8.95 Å². The topological polar surface area (TPSA) is 0 Å². The molecule has 0 nitrogen and oxygen atoms in total. The van der Waals surface area contributed by atoms with Crippen LogP contribution in [0.15, 0.2) is 148 Å². The van der Waals surface area contributed by atoms with E-state index >= 15 is 0 Å².